The third kappa shape index (κ3) is 1.59. The van der Waals surface area contributed by atoms with Crippen molar-refractivity contribution in [2.75, 3.05) is 0 Å². The van der Waals surface area contributed by atoms with E-state index in [9.17, 15) is 0 Å². The Balaban J connectivity index is 2.46. The van der Waals surface area contributed by atoms with E-state index in [2.05, 4.69) is 31.0 Å². The average molecular weight is 191 g/mol. The fourth-order valence-electron chi connectivity index (χ4n) is 1.61. The molecule has 1 aromatic heterocycles. The predicted molar refractivity (Wildman–Crippen MR) is 57.8 cm³/mol. The molecule has 2 rings (SSSR count). The Kier molecular flexibility index (Phi) is 2.32. The summed E-state index contributed by atoms with van der Waals surface area (Å²) in [6.45, 7) is 4.30. The van der Waals surface area contributed by atoms with Gasteiger partial charge in [0.15, 0.2) is 0 Å². The van der Waals surface area contributed by atoms with Crippen molar-refractivity contribution in [1.29, 1.82) is 0 Å². The van der Waals surface area contributed by atoms with Crippen molar-refractivity contribution in [3.05, 3.63) is 33.8 Å². The lowest BCUT2D eigenvalue weighted by Crippen LogP contribution is -1.91. The van der Waals surface area contributed by atoms with Crippen LogP contribution in [0.2, 0.25) is 0 Å². The van der Waals surface area contributed by atoms with Crippen molar-refractivity contribution in [3.63, 3.8) is 0 Å². The van der Waals surface area contributed by atoms with Gasteiger partial charge in [-0.3, -0.25) is 0 Å². The van der Waals surface area contributed by atoms with Crippen molar-refractivity contribution in [2.45, 2.75) is 26.7 Å². The second-order valence-corrected chi connectivity index (χ2v) is 4.26. The lowest BCUT2D eigenvalue weighted by Gasteiger charge is -2.11. The predicted octanol–water partition coefficient (Wildman–Crippen LogP) is 3.58. The Morgan fingerprint density at radius 3 is 2.85 bits per heavy atom. The van der Waals surface area contributed by atoms with Gasteiger partial charge in [-0.1, -0.05) is 17.7 Å². The maximum absolute atomic E-state index is 4.28. The molecule has 0 aromatic carbocycles. The summed E-state index contributed by atoms with van der Waals surface area (Å²) in [5, 5.41) is 0. The topological polar surface area (TPSA) is 12.9 Å². The van der Waals surface area contributed by atoms with Crippen LogP contribution in [0.5, 0.6) is 0 Å². The number of hydrogen-bond acceptors (Lipinski definition) is 2. The molecule has 0 unspecified atom stereocenters. The second-order valence-electron chi connectivity index (χ2n) is 3.40. The van der Waals surface area contributed by atoms with E-state index in [1.807, 2.05) is 5.51 Å². The first kappa shape index (κ1) is 8.70. The minimum atomic E-state index is 1.16. The van der Waals surface area contributed by atoms with Gasteiger partial charge < -0.3 is 0 Å². The van der Waals surface area contributed by atoms with Gasteiger partial charge in [0.05, 0.1) is 16.1 Å². The van der Waals surface area contributed by atoms with Crippen molar-refractivity contribution < 1.29 is 0 Å². The maximum Gasteiger partial charge on any atom is 0.0801 e. The quantitative estimate of drug-likeness (QED) is 0.661. The number of aromatic nitrogens is 1. The van der Waals surface area contributed by atoms with Gasteiger partial charge in [-0.05, 0) is 32.3 Å². The van der Waals surface area contributed by atoms with E-state index in [4.69, 9.17) is 0 Å². The van der Waals surface area contributed by atoms with Crippen LogP contribution < -0.4 is 0 Å². The first-order valence-corrected chi connectivity index (χ1v) is 5.44. The molecule has 0 aliphatic heterocycles. The molecule has 2 heteroatoms. The van der Waals surface area contributed by atoms with Gasteiger partial charge >= 0.3 is 0 Å². The fourth-order valence-corrected chi connectivity index (χ4v) is 2.52. The zero-order valence-electron chi connectivity index (χ0n) is 8.00. The summed E-state index contributed by atoms with van der Waals surface area (Å²) in [7, 11) is 0. The smallest absolute Gasteiger partial charge is 0.0801 e. The minimum absolute atomic E-state index is 1.16. The Bertz CT molecular complexity index is 371. The van der Waals surface area contributed by atoms with Gasteiger partial charge in [0.25, 0.3) is 0 Å². The van der Waals surface area contributed by atoms with Gasteiger partial charge in [0.2, 0.25) is 0 Å². The highest BCUT2D eigenvalue weighted by Gasteiger charge is 2.10. The molecule has 1 aromatic rings. The summed E-state index contributed by atoms with van der Waals surface area (Å²) in [5.74, 6) is 0. The molecule has 0 spiro atoms. The van der Waals surface area contributed by atoms with E-state index < -0.39 is 0 Å². The van der Waals surface area contributed by atoms with Crippen molar-refractivity contribution in [3.8, 4) is 0 Å². The van der Waals surface area contributed by atoms with Gasteiger partial charge in [-0.15, -0.1) is 11.3 Å². The van der Waals surface area contributed by atoms with Crippen molar-refractivity contribution >= 4 is 16.9 Å². The molecule has 0 N–H and O–H groups in total. The van der Waals surface area contributed by atoms with E-state index in [1.54, 1.807) is 11.3 Å². The molecule has 0 fully saturated rings. The molecule has 0 saturated heterocycles. The van der Waals surface area contributed by atoms with Crippen LogP contribution in [0.4, 0.5) is 0 Å². The number of rotatable bonds is 1. The Labute approximate surface area is 82.8 Å². The molecule has 1 nitrogen and oxygen atoms in total. The number of thiazole rings is 1. The van der Waals surface area contributed by atoms with Crippen LogP contribution in [-0.2, 0) is 0 Å². The zero-order valence-corrected chi connectivity index (χ0v) is 8.82. The molecular weight excluding hydrogens is 178 g/mol. The molecule has 13 heavy (non-hydrogen) atoms. The zero-order chi connectivity index (χ0) is 9.26. The lowest BCUT2D eigenvalue weighted by atomic mass is 9.97. The first-order chi connectivity index (χ1) is 6.29. The van der Waals surface area contributed by atoms with E-state index in [0.29, 0.717) is 0 Å². The highest BCUT2D eigenvalue weighted by atomic mass is 32.1. The Morgan fingerprint density at radius 2 is 2.23 bits per heavy atom. The number of nitrogens with zero attached hydrogens (tertiary/aromatic N) is 1. The third-order valence-electron chi connectivity index (χ3n) is 2.42. The van der Waals surface area contributed by atoms with Crippen molar-refractivity contribution in [1.82, 2.24) is 4.98 Å². The van der Waals surface area contributed by atoms with Crippen molar-refractivity contribution in [2.24, 2.45) is 0 Å². The molecule has 1 heterocycles. The van der Waals surface area contributed by atoms with Gasteiger partial charge in [0.1, 0.15) is 0 Å². The van der Waals surface area contributed by atoms with E-state index in [-0.39, 0.29) is 0 Å². The van der Waals surface area contributed by atoms with Crippen LogP contribution in [0, 0.1) is 6.92 Å². The summed E-state index contributed by atoms with van der Waals surface area (Å²) in [6, 6.07) is 0. The molecule has 0 bridgehead atoms. The Hall–Kier alpha value is -0.890. The molecule has 0 amide bonds. The number of aryl methyl sites for hydroxylation is 1. The molecule has 0 atom stereocenters. The largest absolute Gasteiger partial charge is 0.249 e. The standard InChI is InChI=1S/C11H13NS/c1-8-5-3-4-6-10(8)11-9(2)12-7-13-11/h4,6-7H,3,5H2,1-2H3. The van der Waals surface area contributed by atoms with Gasteiger partial charge in [-0.25, -0.2) is 4.98 Å². The molecule has 0 saturated carbocycles. The van der Waals surface area contributed by atoms with Crippen LogP contribution >= 0.6 is 11.3 Å². The monoisotopic (exact) mass is 191 g/mol. The molecule has 1 aliphatic carbocycles. The fraction of sp³-hybridized carbons (Fsp3) is 0.364. The minimum Gasteiger partial charge on any atom is -0.249 e. The second kappa shape index (κ2) is 3.46. The van der Waals surface area contributed by atoms with E-state index >= 15 is 0 Å². The summed E-state index contributed by atoms with van der Waals surface area (Å²) >= 11 is 1.74. The number of hydrogen-bond donors (Lipinski definition) is 0. The normalized spacial score (nSPS) is 16.8. The summed E-state index contributed by atoms with van der Waals surface area (Å²) in [6.07, 6.45) is 6.87. The Morgan fingerprint density at radius 1 is 1.38 bits per heavy atom. The lowest BCUT2D eigenvalue weighted by molar-refractivity contribution is 0.967. The first-order valence-electron chi connectivity index (χ1n) is 4.56. The number of allylic oxidation sites excluding steroid dienone is 4. The van der Waals surface area contributed by atoms with Gasteiger partial charge in [0, 0.05) is 0 Å². The summed E-state index contributed by atoms with van der Waals surface area (Å²) < 4.78 is 0. The van der Waals surface area contributed by atoms with Crippen LogP contribution in [0.15, 0.2) is 23.2 Å². The molecular formula is C11H13NS. The third-order valence-corrected chi connectivity index (χ3v) is 3.38. The van der Waals surface area contributed by atoms with Crippen LogP contribution in [0.25, 0.3) is 5.57 Å². The van der Waals surface area contributed by atoms with Crippen LogP contribution in [0.3, 0.4) is 0 Å². The van der Waals surface area contributed by atoms with E-state index in [0.717, 1.165) is 5.69 Å². The highest BCUT2D eigenvalue weighted by molar-refractivity contribution is 7.11. The molecule has 68 valence electrons. The molecule has 0 radical (unpaired) electrons. The van der Waals surface area contributed by atoms with Gasteiger partial charge in [-0.2, -0.15) is 0 Å². The van der Waals surface area contributed by atoms with Crippen LogP contribution in [-0.4, -0.2) is 4.98 Å². The van der Waals surface area contributed by atoms with Crippen LogP contribution in [0.1, 0.15) is 30.3 Å². The maximum atomic E-state index is 4.28. The SMILES string of the molecule is CC1=C(c2scnc2C)C=CCC1. The summed E-state index contributed by atoms with van der Waals surface area (Å²) in [5.41, 5.74) is 5.97. The van der Waals surface area contributed by atoms with E-state index in [1.165, 1.54) is 28.9 Å². The highest BCUT2D eigenvalue weighted by Crippen LogP contribution is 2.31. The summed E-state index contributed by atoms with van der Waals surface area (Å²) in [4.78, 5) is 5.62. The average Bonchev–Trinajstić information content (AvgIpc) is 2.52. The molecule has 1 aliphatic rings.